The summed E-state index contributed by atoms with van der Waals surface area (Å²) < 4.78 is 12.6. The number of hydrogen-bond acceptors (Lipinski definition) is 8. The van der Waals surface area contributed by atoms with Gasteiger partial charge in [0.2, 0.25) is 0 Å². The van der Waals surface area contributed by atoms with E-state index in [-0.39, 0.29) is 18.3 Å². The number of benzene rings is 2. The number of carbonyl (C=O) groups excluding carboxylic acids is 2. The molecule has 5 rings (SSSR count). The third kappa shape index (κ3) is 4.80. The van der Waals surface area contributed by atoms with Crippen LogP contribution in [0.3, 0.4) is 0 Å². The number of carbonyl (C=O) groups is 2. The summed E-state index contributed by atoms with van der Waals surface area (Å²) in [6.07, 6.45) is 0. The molecule has 0 aliphatic heterocycles. The third-order valence-corrected chi connectivity index (χ3v) is 6.24. The minimum Gasteiger partial charge on any atom is -0.493 e. The highest BCUT2D eigenvalue weighted by atomic mass is 32.1. The van der Waals surface area contributed by atoms with E-state index < -0.39 is 0 Å². The van der Waals surface area contributed by atoms with Gasteiger partial charge in [-0.25, -0.2) is 0 Å². The topological polar surface area (TPSA) is 108 Å². The Hall–Kier alpha value is -4.57. The van der Waals surface area contributed by atoms with Gasteiger partial charge >= 0.3 is 0 Å². The van der Waals surface area contributed by atoms with Gasteiger partial charge in [-0.2, -0.15) is 9.61 Å². The lowest BCUT2D eigenvalue weighted by Gasteiger charge is -2.12. The molecule has 0 atom stereocenters. The van der Waals surface area contributed by atoms with Crippen molar-refractivity contribution in [2.24, 2.45) is 0 Å². The van der Waals surface area contributed by atoms with E-state index in [1.807, 2.05) is 47.8 Å². The van der Waals surface area contributed by atoms with Gasteiger partial charge in [-0.05, 0) is 60.8 Å². The van der Waals surface area contributed by atoms with Gasteiger partial charge in [0, 0.05) is 16.8 Å². The van der Waals surface area contributed by atoms with Crippen LogP contribution in [0.4, 0.5) is 5.69 Å². The predicted octanol–water partition coefficient (Wildman–Crippen LogP) is 4.75. The van der Waals surface area contributed by atoms with Crippen molar-refractivity contribution < 1.29 is 19.1 Å². The fourth-order valence-electron chi connectivity index (χ4n) is 3.60. The molecule has 9 nitrogen and oxygen atoms in total. The molecular weight excluding hydrogens is 478 g/mol. The first-order valence-electron chi connectivity index (χ1n) is 11.0. The lowest BCUT2D eigenvalue weighted by Crippen LogP contribution is -2.20. The van der Waals surface area contributed by atoms with Gasteiger partial charge in [0.1, 0.15) is 0 Å². The second-order valence-corrected chi connectivity index (χ2v) is 8.78. The van der Waals surface area contributed by atoms with Gasteiger partial charge in [0.05, 0.1) is 17.7 Å². The predicted molar refractivity (Wildman–Crippen MR) is 137 cm³/mol. The molecule has 10 heteroatoms. The molecule has 3 aromatic heterocycles. The van der Waals surface area contributed by atoms with E-state index in [9.17, 15) is 9.59 Å². The summed E-state index contributed by atoms with van der Waals surface area (Å²) in [5.41, 5.74) is 3.28. The fourth-order valence-corrected chi connectivity index (χ4v) is 4.30. The Morgan fingerprint density at radius 2 is 1.89 bits per heavy atom. The first-order valence-corrected chi connectivity index (χ1v) is 11.9. The van der Waals surface area contributed by atoms with Crippen LogP contribution in [0.2, 0.25) is 0 Å². The maximum absolute atomic E-state index is 12.6. The molecule has 0 fully saturated rings. The molecule has 0 bridgehead atoms. The van der Waals surface area contributed by atoms with Crippen molar-refractivity contribution >= 4 is 34.4 Å². The first-order chi connectivity index (χ1) is 17.5. The van der Waals surface area contributed by atoms with E-state index in [1.54, 1.807) is 40.1 Å². The van der Waals surface area contributed by atoms with Crippen LogP contribution in [0.15, 0.2) is 72.1 Å². The molecule has 0 radical (unpaired) electrons. The van der Waals surface area contributed by atoms with Crippen LogP contribution in [-0.4, -0.2) is 45.2 Å². The molecule has 180 valence electrons. The average molecular weight is 500 g/mol. The number of ether oxygens (including phenoxy) is 2. The summed E-state index contributed by atoms with van der Waals surface area (Å²) in [5.74, 6) is 1.01. The van der Waals surface area contributed by atoms with Crippen LogP contribution in [0.5, 0.6) is 11.5 Å². The highest BCUT2D eigenvalue weighted by Gasteiger charge is 2.13. The Morgan fingerprint density at radius 3 is 2.67 bits per heavy atom. The molecular formula is C26H21N5O4S. The number of anilines is 1. The molecule has 0 aliphatic rings. The zero-order valence-electron chi connectivity index (χ0n) is 19.5. The van der Waals surface area contributed by atoms with Crippen LogP contribution < -0.4 is 14.8 Å². The number of methoxy groups -OCH3 is 1. The number of nitrogens with zero attached hydrogens (tertiary/aromatic N) is 4. The van der Waals surface area contributed by atoms with Gasteiger partial charge in [0.25, 0.3) is 5.91 Å². The van der Waals surface area contributed by atoms with Gasteiger partial charge < -0.3 is 14.8 Å². The highest BCUT2D eigenvalue weighted by Crippen LogP contribution is 2.29. The highest BCUT2D eigenvalue weighted by molar-refractivity contribution is 7.13. The quantitative estimate of drug-likeness (QED) is 0.307. The lowest BCUT2D eigenvalue weighted by molar-refractivity contribution is -0.118. The van der Waals surface area contributed by atoms with Crippen molar-refractivity contribution in [1.82, 2.24) is 19.8 Å². The summed E-state index contributed by atoms with van der Waals surface area (Å²) in [7, 11) is 1.48. The molecule has 0 spiro atoms. The van der Waals surface area contributed by atoms with Crippen LogP contribution in [-0.2, 0) is 4.79 Å². The maximum atomic E-state index is 12.6. The molecule has 0 saturated heterocycles. The summed E-state index contributed by atoms with van der Waals surface area (Å²) >= 11 is 1.57. The Labute approximate surface area is 210 Å². The van der Waals surface area contributed by atoms with Gasteiger partial charge in [-0.3, -0.25) is 9.59 Å². The van der Waals surface area contributed by atoms with Gasteiger partial charge in [0.15, 0.2) is 35.4 Å². The first kappa shape index (κ1) is 23.2. The molecule has 1 N–H and O–H groups in total. The van der Waals surface area contributed by atoms with E-state index in [0.717, 1.165) is 10.4 Å². The van der Waals surface area contributed by atoms with E-state index in [2.05, 4.69) is 15.5 Å². The summed E-state index contributed by atoms with van der Waals surface area (Å²) in [4.78, 5) is 25.1. The fraction of sp³-hybridized carbons (Fsp3) is 0.115. The van der Waals surface area contributed by atoms with Crippen LogP contribution in [0.1, 0.15) is 17.3 Å². The number of amides is 1. The van der Waals surface area contributed by atoms with E-state index in [4.69, 9.17) is 14.6 Å². The summed E-state index contributed by atoms with van der Waals surface area (Å²) in [5, 5.41) is 18.0. The lowest BCUT2D eigenvalue weighted by atomic mass is 10.1. The molecule has 36 heavy (non-hydrogen) atoms. The van der Waals surface area contributed by atoms with Crippen LogP contribution in [0.25, 0.3) is 27.6 Å². The largest absolute Gasteiger partial charge is 0.493 e. The monoisotopic (exact) mass is 499 g/mol. The summed E-state index contributed by atoms with van der Waals surface area (Å²) in [6, 6.07) is 19.9. The summed E-state index contributed by atoms with van der Waals surface area (Å²) in [6.45, 7) is 1.24. The number of thiophene rings is 1. The number of ketones is 1. The zero-order chi connectivity index (χ0) is 25.1. The molecule has 5 aromatic rings. The normalized spacial score (nSPS) is 10.8. The second-order valence-electron chi connectivity index (χ2n) is 7.83. The number of rotatable bonds is 8. The minimum absolute atomic E-state index is 0.0850. The van der Waals surface area contributed by atoms with Crippen molar-refractivity contribution in [2.75, 3.05) is 19.0 Å². The zero-order valence-corrected chi connectivity index (χ0v) is 20.3. The standard InChI is InChI=1S/C26H21N5O4S/c1-16(32)17-8-10-21(22(14-17)34-2)35-15-25(33)27-19-6-3-5-18(13-19)20-9-11-24-28-29-26(31(24)30-20)23-7-4-12-36-23/h3-14H,15H2,1-2H3,(H,27,33). The molecule has 0 unspecified atom stereocenters. The Morgan fingerprint density at radius 1 is 1.00 bits per heavy atom. The average Bonchev–Trinajstić information content (AvgIpc) is 3.57. The van der Waals surface area contributed by atoms with Crippen LogP contribution in [0, 0.1) is 0 Å². The SMILES string of the molecule is COc1cc(C(C)=O)ccc1OCC(=O)Nc1cccc(-c2ccc3nnc(-c4cccs4)n3n2)c1. The molecule has 1 amide bonds. The maximum Gasteiger partial charge on any atom is 0.262 e. The Balaban J connectivity index is 1.30. The Bertz CT molecular complexity index is 1560. The van der Waals surface area contributed by atoms with E-state index in [1.165, 1.54) is 14.0 Å². The molecule has 0 saturated carbocycles. The number of Topliss-reactive ketones (excluding diaryl/α,β-unsaturated/α-hetero) is 1. The number of fused-ring (bicyclic) bond motifs is 1. The van der Waals surface area contributed by atoms with Crippen molar-refractivity contribution in [1.29, 1.82) is 0 Å². The Kier molecular flexibility index (Phi) is 6.42. The smallest absolute Gasteiger partial charge is 0.262 e. The van der Waals surface area contributed by atoms with Crippen molar-refractivity contribution in [3.05, 3.63) is 77.7 Å². The second kappa shape index (κ2) is 9.96. The number of aromatic nitrogens is 4. The number of nitrogens with one attached hydrogen (secondary N) is 1. The minimum atomic E-state index is -0.341. The third-order valence-electron chi connectivity index (χ3n) is 5.38. The van der Waals surface area contributed by atoms with Gasteiger partial charge in [-0.15, -0.1) is 21.5 Å². The van der Waals surface area contributed by atoms with Crippen molar-refractivity contribution in [3.8, 4) is 33.5 Å². The molecule has 3 heterocycles. The van der Waals surface area contributed by atoms with Crippen LogP contribution >= 0.6 is 11.3 Å². The van der Waals surface area contributed by atoms with E-state index >= 15 is 0 Å². The van der Waals surface area contributed by atoms with Gasteiger partial charge in [-0.1, -0.05) is 18.2 Å². The molecule has 2 aromatic carbocycles. The van der Waals surface area contributed by atoms with Crippen molar-refractivity contribution in [3.63, 3.8) is 0 Å². The van der Waals surface area contributed by atoms with Crippen molar-refractivity contribution in [2.45, 2.75) is 6.92 Å². The van der Waals surface area contributed by atoms with E-state index in [0.29, 0.717) is 39.9 Å². The molecule has 0 aliphatic carbocycles. The number of hydrogen-bond donors (Lipinski definition) is 1.